The highest BCUT2D eigenvalue weighted by molar-refractivity contribution is 5.89. The fourth-order valence-electron chi connectivity index (χ4n) is 4.27. The van der Waals surface area contributed by atoms with Crippen molar-refractivity contribution in [2.75, 3.05) is 26.9 Å². The van der Waals surface area contributed by atoms with Crippen LogP contribution in [-0.2, 0) is 20.7 Å². The van der Waals surface area contributed by atoms with Crippen LogP contribution in [0.1, 0.15) is 5.56 Å². The number of methoxy groups -OCH3 is 1. The molecule has 1 unspecified atom stereocenters. The summed E-state index contributed by atoms with van der Waals surface area (Å²) in [6, 6.07) is 16.0. The number of phenols is 1. The predicted octanol–water partition coefficient (Wildman–Crippen LogP) is 3.22. The lowest BCUT2D eigenvalue weighted by Crippen LogP contribution is -2.44. The molecule has 39 heavy (non-hydrogen) atoms. The van der Waals surface area contributed by atoms with E-state index in [2.05, 4.69) is 5.32 Å². The Morgan fingerprint density at radius 3 is 2.56 bits per heavy atom. The van der Waals surface area contributed by atoms with Crippen LogP contribution in [0.2, 0.25) is 0 Å². The molecule has 3 aromatic carbocycles. The molecule has 0 spiro atoms. The number of hydrogen-bond acceptors (Lipinski definition) is 9. The van der Waals surface area contributed by atoms with Gasteiger partial charge in [0.05, 0.1) is 12.7 Å². The molecular weight excluding hydrogens is 506 g/mol. The lowest BCUT2D eigenvalue weighted by Gasteiger charge is -2.18. The first-order chi connectivity index (χ1) is 18.9. The minimum atomic E-state index is -0.907. The summed E-state index contributed by atoms with van der Waals surface area (Å²) in [5, 5.41) is 13.2. The zero-order valence-electron chi connectivity index (χ0n) is 21.0. The van der Waals surface area contributed by atoms with Crippen molar-refractivity contribution in [2.24, 2.45) is 0 Å². The minimum absolute atomic E-state index is 0.0344. The van der Waals surface area contributed by atoms with Gasteiger partial charge in [0, 0.05) is 18.6 Å². The molecule has 0 saturated carbocycles. The van der Waals surface area contributed by atoms with Gasteiger partial charge in [-0.25, -0.2) is 4.79 Å². The highest BCUT2D eigenvalue weighted by atomic mass is 16.6. The molecule has 200 valence electrons. The summed E-state index contributed by atoms with van der Waals surface area (Å²) < 4.78 is 27.1. The maximum atomic E-state index is 13.2. The Labute approximate surface area is 222 Å². The monoisotopic (exact) mass is 531 g/mol. The molecule has 4 aromatic rings. The normalized spacial score (nSPS) is 12.9. The molecule has 10 nitrogen and oxygen atoms in total. The second kappa shape index (κ2) is 11.2. The van der Waals surface area contributed by atoms with Gasteiger partial charge in [0.25, 0.3) is 5.91 Å². The van der Waals surface area contributed by atoms with Crippen LogP contribution >= 0.6 is 0 Å². The molecule has 5 rings (SSSR count). The summed E-state index contributed by atoms with van der Waals surface area (Å²) in [6.45, 7) is 0.400. The van der Waals surface area contributed by atoms with Crippen molar-refractivity contribution in [3.8, 4) is 34.1 Å². The van der Waals surface area contributed by atoms with E-state index in [0.717, 1.165) is 5.56 Å². The first-order valence-electron chi connectivity index (χ1n) is 12.2. The molecule has 0 bridgehead atoms. The predicted molar refractivity (Wildman–Crippen MR) is 140 cm³/mol. The number of ether oxygens (including phenoxy) is 4. The van der Waals surface area contributed by atoms with E-state index in [-0.39, 0.29) is 34.5 Å². The van der Waals surface area contributed by atoms with E-state index >= 15 is 0 Å². The van der Waals surface area contributed by atoms with E-state index in [1.807, 2.05) is 30.3 Å². The molecule has 2 N–H and O–H groups in total. The van der Waals surface area contributed by atoms with Crippen LogP contribution in [0.5, 0.6) is 23.0 Å². The van der Waals surface area contributed by atoms with Crippen LogP contribution in [-0.4, -0.2) is 50.0 Å². The molecule has 0 fully saturated rings. The third kappa shape index (κ3) is 5.64. The molecule has 2 heterocycles. The van der Waals surface area contributed by atoms with Crippen LogP contribution < -0.4 is 25.0 Å². The Morgan fingerprint density at radius 1 is 1.03 bits per heavy atom. The Balaban J connectivity index is 1.31. The Kier molecular flexibility index (Phi) is 7.35. The number of carbonyl (C=O) groups is 2. The maximum Gasteiger partial charge on any atom is 0.328 e. The van der Waals surface area contributed by atoms with Crippen molar-refractivity contribution in [2.45, 2.75) is 12.5 Å². The molecule has 1 aromatic heterocycles. The number of nitrogens with one attached hydrogen (secondary N) is 1. The van der Waals surface area contributed by atoms with E-state index < -0.39 is 30.0 Å². The maximum absolute atomic E-state index is 13.2. The minimum Gasteiger partial charge on any atom is -0.507 e. The van der Waals surface area contributed by atoms with Crippen molar-refractivity contribution >= 4 is 22.8 Å². The zero-order chi connectivity index (χ0) is 27.4. The van der Waals surface area contributed by atoms with Crippen LogP contribution in [0.15, 0.2) is 76.1 Å². The SMILES string of the molecule is COC(=O)C(Cc1ccccc1)NC(=O)COc1cc(O)c2c(=O)c(-c3ccc4c(c3)OCCO4)coc2c1. The smallest absolute Gasteiger partial charge is 0.328 e. The van der Waals surface area contributed by atoms with Crippen LogP contribution in [0, 0.1) is 0 Å². The molecule has 0 radical (unpaired) electrons. The van der Waals surface area contributed by atoms with Crippen molar-refractivity contribution in [3.05, 3.63) is 82.7 Å². The first-order valence-corrected chi connectivity index (χ1v) is 12.2. The molecular formula is C29H25NO9. The lowest BCUT2D eigenvalue weighted by atomic mass is 10.0. The van der Waals surface area contributed by atoms with Crippen molar-refractivity contribution in [1.82, 2.24) is 5.32 Å². The average molecular weight is 532 g/mol. The molecule has 1 amide bonds. The van der Waals surface area contributed by atoms with Gasteiger partial charge in [0.2, 0.25) is 5.43 Å². The number of amides is 1. The molecule has 1 aliphatic rings. The topological polar surface area (TPSA) is 134 Å². The third-order valence-corrected chi connectivity index (χ3v) is 6.16. The van der Waals surface area contributed by atoms with Gasteiger partial charge >= 0.3 is 5.97 Å². The van der Waals surface area contributed by atoms with Gasteiger partial charge in [-0.1, -0.05) is 36.4 Å². The highest BCUT2D eigenvalue weighted by Crippen LogP contribution is 2.35. The zero-order valence-corrected chi connectivity index (χ0v) is 21.0. The van der Waals surface area contributed by atoms with Crippen LogP contribution in [0.3, 0.4) is 0 Å². The summed E-state index contributed by atoms with van der Waals surface area (Å²) >= 11 is 0. The van der Waals surface area contributed by atoms with E-state index in [1.165, 1.54) is 25.5 Å². The van der Waals surface area contributed by atoms with Gasteiger partial charge in [-0.3, -0.25) is 9.59 Å². The van der Waals surface area contributed by atoms with Gasteiger partial charge in [-0.2, -0.15) is 0 Å². The number of hydrogen-bond donors (Lipinski definition) is 2. The van der Waals surface area contributed by atoms with Crippen molar-refractivity contribution in [3.63, 3.8) is 0 Å². The molecule has 0 saturated heterocycles. The van der Waals surface area contributed by atoms with E-state index in [1.54, 1.807) is 18.2 Å². The summed E-state index contributed by atoms with van der Waals surface area (Å²) in [5.74, 6) is -0.331. The second-order valence-corrected chi connectivity index (χ2v) is 8.77. The van der Waals surface area contributed by atoms with Crippen LogP contribution in [0.25, 0.3) is 22.1 Å². The van der Waals surface area contributed by atoms with Crippen LogP contribution in [0.4, 0.5) is 0 Å². The summed E-state index contributed by atoms with van der Waals surface area (Å²) in [7, 11) is 1.24. The Morgan fingerprint density at radius 2 is 1.79 bits per heavy atom. The third-order valence-electron chi connectivity index (χ3n) is 6.16. The van der Waals surface area contributed by atoms with Crippen molar-refractivity contribution in [1.29, 1.82) is 0 Å². The van der Waals surface area contributed by atoms with Gasteiger partial charge in [-0.05, 0) is 23.3 Å². The molecule has 0 aliphatic carbocycles. The van der Waals surface area contributed by atoms with E-state index in [9.17, 15) is 19.5 Å². The fraction of sp³-hybridized carbons (Fsp3) is 0.207. The summed E-state index contributed by atoms with van der Waals surface area (Å²) in [4.78, 5) is 37.9. The number of benzene rings is 3. The quantitative estimate of drug-likeness (QED) is 0.329. The number of rotatable bonds is 8. The van der Waals surface area contributed by atoms with Gasteiger partial charge < -0.3 is 33.8 Å². The van der Waals surface area contributed by atoms with Gasteiger partial charge in [0.15, 0.2) is 18.1 Å². The van der Waals surface area contributed by atoms with Gasteiger partial charge in [0.1, 0.15) is 48.0 Å². The Hall–Kier alpha value is -4.99. The largest absolute Gasteiger partial charge is 0.507 e. The first kappa shape index (κ1) is 25.7. The van der Waals surface area contributed by atoms with E-state index in [4.69, 9.17) is 23.4 Å². The van der Waals surface area contributed by atoms with E-state index in [0.29, 0.717) is 30.3 Å². The summed E-state index contributed by atoms with van der Waals surface area (Å²) in [5.41, 5.74) is 1.25. The number of aromatic hydroxyl groups is 1. The fourth-order valence-corrected chi connectivity index (χ4v) is 4.27. The molecule has 10 heteroatoms. The standard InChI is InChI=1S/C29H25NO9/c1-35-29(34)21(11-17-5-3-2-4-6-17)30-26(32)16-38-19-13-22(31)27-25(14-19)39-15-20(28(27)33)18-7-8-23-24(12-18)37-10-9-36-23/h2-8,12-15,21,31H,9-11,16H2,1H3,(H,30,32). The molecule has 1 aliphatic heterocycles. The highest BCUT2D eigenvalue weighted by Gasteiger charge is 2.23. The number of phenolic OH excluding ortho intramolecular Hbond substituents is 1. The van der Waals surface area contributed by atoms with Gasteiger partial charge in [-0.15, -0.1) is 0 Å². The Bertz CT molecular complexity index is 1580. The lowest BCUT2D eigenvalue weighted by molar-refractivity contribution is -0.145. The van der Waals surface area contributed by atoms with Crippen molar-refractivity contribution < 1.29 is 38.1 Å². The number of esters is 1. The molecule has 1 atom stereocenters. The average Bonchev–Trinajstić information content (AvgIpc) is 2.95. The number of fused-ring (bicyclic) bond motifs is 2. The number of carbonyl (C=O) groups excluding carboxylic acids is 2. The second-order valence-electron chi connectivity index (χ2n) is 8.77. The summed E-state index contributed by atoms with van der Waals surface area (Å²) in [6.07, 6.45) is 1.53.